The van der Waals surface area contributed by atoms with E-state index in [1.807, 2.05) is 30.3 Å². The lowest BCUT2D eigenvalue weighted by Crippen LogP contribution is -2.01. The third-order valence-corrected chi connectivity index (χ3v) is 2.12. The smallest absolute Gasteiger partial charge is 0.213 e. The van der Waals surface area contributed by atoms with Crippen LogP contribution in [0.5, 0.6) is 0 Å². The molecule has 0 spiro atoms. The molecule has 0 bridgehead atoms. The number of rotatable bonds is 2. The monoisotopic (exact) mass is 198 g/mol. The number of aromatic nitrogens is 2. The van der Waals surface area contributed by atoms with Crippen molar-refractivity contribution in [3.63, 3.8) is 0 Å². The second-order valence-corrected chi connectivity index (χ2v) is 3.24. The first-order valence-corrected chi connectivity index (χ1v) is 4.55. The van der Waals surface area contributed by atoms with Crippen molar-refractivity contribution in [2.24, 2.45) is 0 Å². The quantitative estimate of drug-likeness (QED) is 0.741. The van der Waals surface area contributed by atoms with Gasteiger partial charge in [-0.05, 0) is 17.7 Å². The second-order valence-electron chi connectivity index (χ2n) is 3.24. The number of nitriles is 1. The Hall–Kier alpha value is -2.28. The molecular weight excluding hydrogens is 188 g/mol. The molecule has 74 valence electrons. The minimum Gasteiger partial charge on any atom is -0.399 e. The van der Waals surface area contributed by atoms with E-state index in [4.69, 9.17) is 11.0 Å². The summed E-state index contributed by atoms with van der Waals surface area (Å²) >= 11 is 0. The molecule has 0 aliphatic heterocycles. The topological polar surface area (TPSA) is 67.6 Å². The van der Waals surface area contributed by atoms with Gasteiger partial charge in [0.05, 0.1) is 0 Å². The summed E-state index contributed by atoms with van der Waals surface area (Å²) in [5.74, 6) is 0.414. The molecule has 0 aliphatic carbocycles. The zero-order valence-corrected chi connectivity index (χ0v) is 8.09. The van der Waals surface area contributed by atoms with E-state index in [1.165, 1.54) is 0 Å². The molecule has 0 fully saturated rings. The van der Waals surface area contributed by atoms with E-state index in [2.05, 4.69) is 4.98 Å². The van der Waals surface area contributed by atoms with Crippen LogP contribution in [0.3, 0.4) is 0 Å². The maximum atomic E-state index is 8.78. The molecule has 1 heterocycles. The zero-order chi connectivity index (χ0) is 10.7. The molecule has 0 amide bonds. The van der Waals surface area contributed by atoms with Crippen LogP contribution in [0.4, 0.5) is 5.69 Å². The Kier molecular flexibility index (Phi) is 2.38. The number of hydrogen-bond donors (Lipinski definition) is 1. The van der Waals surface area contributed by atoms with Crippen LogP contribution >= 0.6 is 0 Å². The summed E-state index contributed by atoms with van der Waals surface area (Å²) in [5.41, 5.74) is 7.46. The van der Waals surface area contributed by atoms with Gasteiger partial charge in [0.15, 0.2) is 0 Å². The molecule has 4 heteroatoms. The fourth-order valence-corrected chi connectivity index (χ4v) is 1.44. The number of imidazole rings is 1. The predicted octanol–water partition coefficient (Wildman–Crippen LogP) is 1.39. The van der Waals surface area contributed by atoms with Crippen LogP contribution in [0.25, 0.3) is 0 Å². The Morgan fingerprint density at radius 3 is 3.07 bits per heavy atom. The Labute approximate surface area is 87.6 Å². The van der Waals surface area contributed by atoms with Crippen molar-refractivity contribution in [2.75, 3.05) is 5.73 Å². The summed E-state index contributed by atoms with van der Waals surface area (Å²) in [6, 6.07) is 9.62. The fourth-order valence-electron chi connectivity index (χ4n) is 1.44. The second kappa shape index (κ2) is 3.84. The van der Waals surface area contributed by atoms with Gasteiger partial charge in [-0.1, -0.05) is 12.1 Å². The van der Waals surface area contributed by atoms with E-state index < -0.39 is 0 Å². The molecule has 0 saturated carbocycles. The van der Waals surface area contributed by atoms with Crippen LogP contribution in [0.15, 0.2) is 36.7 Å². The highest BCUT2D eigenvalue weighted by Gasteiger charge is 2.01. The number of hydrogen-bond acceptors (Lipinski definition) is 3. The third-order valence-electron chi connectivity index (χ3n) is 2.12. The van der Waals surface area contributed by atoms with Crippen LogP contribution in [-0.2, 0) is 6.54 Å². The highest BCUT2D eigenvalue weighted by Crippen LogP contribution is 2.09. The van der Waals surface area contributed by atoms with E-state index >= 15 is 0 Å². The summed E-state index contributed by atoms with van der Waals surface area (Å²) in [7, 11) is 0. The first-order chi connectivity index (χ1) is 7.29. The maximum Gasteiger partial charge on any atom is 0.213 e. The summed E-state index contributed by atoms with van der Waals surface area (Å²) < 4.78 is 1.79. The van der Waals surface area contributed by atoms with Crippen molar-refractivity contribution in [1.29, 1.82) is 5.26 Å². The number of nitrogens with two attached hydrogens (primary N) is 1. The van der Waals surface area contributed by atoms with Gasteiger partial charge in [-0.3, -0.25) is 0 Å². The summed E-state index contributed by atoms with van der Waals surface area (Å²) in [5, 5.41) is 8.78. The number of nitrogen functional groups attached to an aromatic ring is 1. The normalized spacial score (nSPS) is 9.80. The van der Waals surface area contributed by atoms with Gasteiger partial charge in [0, 0.05) is 24.6 Å². The Morgan fingerprint density at radius 2 is 2.33 bits per heavy atom. The molecule has 2 rings (SSSR count). The highest BCUT2D eigenvalue weighted by molar-refractivity contribution is 5.40. The number of benzene rings is 1. The van der Waals surface area contributed by atoms with Crippen molar-refractivity contribution in [3.8, 4) is 6.07 Å². The van der Waals surface area contributed by atoms with E-state index in [9.17, 15) is 0 Å². The molecule has 0 aliphatic rings. The van der Waals surface area contributed by atoms with E-state index in [-0.39, 0.29) is 0 Å². The zero-order valence-electron chi connectivity index (χ0n) is 8.09. The van der Waals surface area contributed by atoms with E-state index in [0.29, 0.717) is 12.4 Å². The van der Waals surface area contributed by atoms with Crippen molar-refractivity contribution < 1.29 is 0 Å². The molecule has 1 aromatic heterocycles. The van der Waals surface area contributed by atoms with Gasteiger partial charge in [0.25, 0.3) is 0 Å². The minimum absolute atomic E-state index is 0.414. The molecule has 15 heavy (non-hydrogen) atoms. The van der Waals surface area contributed by atoms with E-state index in [1.54, 1.807) is 17.0 Å². The highest BCUT2D eigenvalue weighted by atomic mass is 15.1. The van der Waals surface area contributed by atoms with Crippen LogP contribution < -0.4 is 5.73 Å². The Balaban J connectivity index is 2.26. The lowest BCUT2D eigenvalue weighted by Gasteiger charge is -2.04. The fraction of sp³-hybridized carbons (Fsp3) is 0.0909. The standard InChI is InChI=1S/C11H10N4/c12-7-11-14-4-5-15(11)8-9-2-1-3-10(13)6-9/h1-6H,8,13H2. The minimum atomic E-state index is 0.414. The molecule has 0 saturated heterocycles. The first kappa shape index (κ1) is 9.28. The summed E-state index contributed by atoms with van der Waals surface area (Å²) in [6.45, 7) is 0.619. The Morgan fingerprint density at radius 1 is 1.47 bits per heavy atom. The van der Waals surface area contributed by atoms with Gasteiger partial charge in [-0.2, -0.15) is 5.26 Å². The van der Waals surface area contributed by atoms with Crippen molar-refractivity contribution in [2.45, 2.75) is 6.54 Å². The van der Waals surface area contributed by atoms with Crippen molar-refractivity contribution in [1.82, 2.24) is 9.55 Å². The van der Waals surface area contributed by atoms with Crippen LogP contribution in [0.1, 0.15) is 11.4 Å². The largest absolute Gasteiger partial charge is 0.399 e. The molecule has 4 nitrogen and oxygen atoms in total. The predicted molar refractivity (Wildman–Crippen MR) is 56.9 cm³/mol. The maximum absolute atomic E-state index is 8.78. The van der Waals surface area contributed by atoms with E-state index in [0.717, 1.165) is 11.3 Å². The number of nitrogens with zero attached hydrogens (tertiary/aromatic N) is 3. The van der Waals surface area contributed by atoms with Gasteiger partial charge >= 0.3 is 0 Å². The molecule has 2 aromatic rings. The van der Waals surface area contributed by atoms with Gasteiger partial charge in [-0.15, -0.1) is 0 Å². The third kappa shape index (κ3) is 1.97. The van der Waals surface area contributed by atoms with Crippen LogP contribution in [0.2, 0.25) is 0 Å². The lowest BCUT2D eigenvalue weighted by atomic mass is 10.2. The average molecular weight is 198 g/mol. The van der Waals surface area contributed by atoms with Gasteiger partial charge < -0.3 is 10.3 Å². The van der Waals surface area contributed by atoms with Crippen molar-refractivity contribution in [3.05, 3.63) is 48.0 Å². The summed E-state index contributed by atoms with van der Waals surface area (Å²) in [6.07, 6.45) is 3.40. The molecule has 1 aromatic carbocycles. The summed E-state index contributed by atoms with van der Waals surface area (Å²) in [4.78, 5) is 3.92. The molecule has 0 atom stereocenters. The Bertz CT molecular complexity index is 507. The van der Waals surface area contributed by atoms with Gasteiger partial charge in [-0.25, -0.2) is 4.98 Å². The number of anilines is 1. The molecular formula is C11H10N4. The molecule has 2 N–H and O–H groups in total. The molecule has 0 radical (unpaired) electrons. The molecule has 0 unspecified atom stereocenters. The SMILES string of the molecule is N#Cc1nccn1Cc1cccc(N)c1. The van der Waals surface area contributed by atoms with Gasteiger partial charge in [0.1, 0.15) is 6.07 Å². The van der Waals surface area contributed by atoms with Gasteiger partial charge in [0.2, 0.25) is 5.82 Å². The van der Waals surface area contributed by atoms with Crippen LogP contribution in [0, 0.1) is 11.3 Å². The van der Waals surface area contributed by atoms with Crippen molar-refractivity contribution >= 4 is 5.69 Å². The van der Waals surface area contributed by atoms with Crippen LogP contribution in [-0.4, -0.2) is 9.55 Å². The first-order valence-electron chi connectivity index (χ1n) is 4.55. The lowest BCUT2D eigenvalue weighted by molar-refractivity contribution is 0.782. The average Bonchev–Trinajstić information content (AvgIpc) is 2.65.